The van der Waals surface area contributed by atoms with Crippen LogP contribution in [0.1, 0.15) is 21.3 Å². The van der Waals surface area contributed by atoms with Crippen molar-refractivity contribution in [1.82, 2.24) is 20.3 Å². The number of aryl methyl sites for hydroxylation is 1. The molecule has 1 aromatic carbocycles. The Kier molecular flexibility index (Phi) is 3.00. The Morgan fingerprint density at radius 2 is 2.21 bits per heavy atom. The Morgan fingerprint density at radius 1 is 1.37 bits per heavy atom. The number of hydrogen-bond donors (Lipinski definition) is 2. The Labute approximate surface area is 113 Å². The van der Waals surface area contributed by atoms with Crippen LogP contribution in [0.2, 0.25) is 0 Å². The molecule has 0 unspecified atom stereocenters. The molecule has 0 bridgehead atoms. The van der Waals surface area contributed by atoms with E-state index >= 15 is 0 Å². The number of aromatic nitrogens is 3. The van der Waals surface area contributed by atoms with E-state index in [2.05, 4.69) is 20.3 Å². The number of thiazole rings is 1. The number of carbonyl (C=O) groups excluding carboxylic acids is 1. The van der Waals surface area contributed by atoms with Crippen LogP contribution in [0.15, 0.2) is 29.6 Å². The van der Waals surface area contributed by atoms with Gasteiger partial charge in [-0.3, -0.25) is 4.79 Å². The Bertz CT molecular complexity index is 698. The molecule has 3 aromatic rings. The van der Waals surface area contributed by atoms with Crippen molar-refractivity contribution in [3.63, 3.8) is 0 Å². The van der Waals surface area contributed by atoms with Crippen molar-refractivity contribution in [3.8, 4) is 0 Å². The largest absolute Gasteiger partial charge is 0.343 e. The molecule has 0 fully saturated rings. The van der Waals surface area contributed by atoms with Gasteiger partial charge in [-0.25, -0.2) is 9.97 Å². The minimum Gasteiger partial charge on any atom is -0.343 e. The molecule has 0 aliphatic carbocycles. The first-order valence-corrected chi connectivity index (χ1v) is 6.74. The summed E-state index contributed by atoms with van der Waals surface area (Å²) in [6, 6.07) is 7.77. The van der Waals surface area contributed by atoms with E-state index < -0.39 is 0 Å². The molecular weight excluding hydrogens is 260 g/mol. The lowest BCUT2D eigenvalue weighted by Gasteiger charge is -1.99. The van der Waals surface area contributed by atoms with Crippen LogP contribution in [0.5, 0.6) is 0 Å². The van der Waals surface area contributed by atoms with Crippen molar-refractivity contribution in [2.75, 3.05) is 0 Å². The van der Waals surface area contributed by atoms with E-state index in [4.69, 9.17) is 0 Å². The maximum absolute atomic E-state index is 11.8. The summed E-state index contributed by atoms with van der Waals surface area (Å²) < 4.78 is 0. The molecule has 2 N–H and O–H groups in total. The average molecular weight is 272 g/mol. The van der Waals surface area contributed by atoms with Gasteiger partial charge in [-0.05, 0) is 19.1 Å². The minimum absolute atomic E-state index is 0.176. The van der Waals surface area contributed by atoms with Crippen molar-refractivity contribution in [2.45, 2.75) is 13.5 Å². The summed E-state index contributed by atoms with van der Waals surface area (Å²) in [5.41, 5.74) is 2.33. The Morgan fingerprint density at radius 3 is 2.95 bits per heavy atom. The van der Waals surface area contributed by atoms with Crippen LogP contribution in [0.25, 0.3) is 11.0 Å². The maximum atomic E-state index is 11.8. The molecule has 0 radical (unpaired) electrons. The highest BCUT2D eigenvalue weighted by atomic mass is 32.1. The number of H-pyrrole nitrogens is 1. The standard InChI is InChI=1S/C13H12N4OS/c1-8-15-11(7-19-8)13(18)14-6-12-16-9-4-2-3-5-10(9)17-12/h2-5,7H,6H2,1H3,(H,14,18)(H,16,17). The molecule has 0 atom stereocenters. The van der Waals surface area contributed by atoms with E-state index in [1.54, 1.807) is 5.38 Å². The van der Waals surface area contributed by atoms with E-state index in [1.165, 1.54) is 11.3 Å². The second-order valence-corrected chi connectivity index (χ2v) is 5.20. The summed E-state index contributed by atoms with van der Waals surface area (Å²) in [5.74, 6) is 0.561. The number of nitrogens with zero attached hydrogens (tertiary/aromatic N) is 2. The summed E-state index contributed by atoms with van der Waals surface area (Å²) in [6.45, 7) is 2.24. The number of aromatic amines is 1. The van der Waals surface area contributed by atoms with E-state index in [0.29, 0.717) is 12.2 Å². The van der Waals surface area contributed by atoms with Crippen molar-refractivity contribution in [2.24, 2.45) is 0 Å². The lowest BCUT2D eigenvalue weighted by molar-refractivity contribution is 0.0945. The third-order valence-electron chi connectivity index (χ3n) is 2.71. The number of nitrogens with one attached hydrogen (secondary N) is 2. The SMILES string of the molecule is Cc1nc(C(=O)NCc2nc3ccccc3[nH]2)cs1. The van der Waals surface area contributed by atoms with Crippen molar-refractivity contribution in [3.05, 3.63) is 46.2 Å². The number of amides is 1. The maximum Gasteiger partial charge on any atom is 0.271 e. The van der Waals surface area contributed by atoms with Crippen LogP contribution >= 0.6 is 11.3 Å². The monoisotopic (exact) mass is 272 g/mol. The van der Waals surface area contributed by atoms with Gasteiger partial charge in [0, 0.05) is 5.38 Å². The predicted molar refractivity (Wildman–Crippen MR) is 74.1 cm³/mol. The lowest BCUT2D eigenvalue weighted by atomic mass is 10.3. The second kappa shape index (κ2) is 4.81. The van der Waals surface area contributed by atoms with E-state index in [9.17, 15) is 4.79 Å². The molecule has 3 rings (SSSR count). The molecule has 2 heterocycles. The highest BCUT2D eigenvalue weighted by molar-refractivity contribution is 7.09. The van der Waals surface area contributed by atoms with Gasteiger partial charge in [-0.2, -0.15) is 0 Å². The molecule has 0 spiro atoms. The first-order valence-electron chi connectivity index (χ1n) is 5.86. The number of rotatable bonds is 3. The Hall–Kier alpha value is -2.21. The minimum atomic E-state index is -0.176. The predicted octanol–water partition coefficient (Wildman–Crippen LogP) is 2.26. The topological polar surface area (TPSA) is 70.7 Å². The fourth-order valence-electron chi connectivity index (χ4n) is 1.81. The Balaban J connectivity index is 1.70. The highest BCUT2D eigenvalue weighted by Crippen LogP contribution is 2.11. The van der Waals surface area contributed by atoms with Gasteiger partial charge in [0.2, 0.25) is 0 Å². The molecule has 5 nitrogen and oxygen atoms in total. The van der Waals surface area contributed by atoms with E-state index in [0.717, 1.165) is 21.9 Å². The van der Waals surface area contributed by atoms with Crippen LogP contribution in [-0.2, 0) is 6.54 Å². The lowest BCUT2D eigenvalue weighted by Crippen LogP contribution is -2.23. The fourth-order valence-corrected chi connectivity index (χ4v) is 2.40. The van der Waals surface area contributed by atoms with Crippen molar-refractivity contribution in [1.29, 1.82) is 0 Å². The average Bonchev–Trinajstić information content (AvgIpc) is 3.01. The summed E-state index contributed by atoms with van der Waals surface area (Å²) in [5, 5.41) is 5.44. The van der Waals surface area contributed by atoms with Gasteiger partial charge in [0.25, 0.3) is 5.91 Å². The first kappa shape index (κ1) is 11.9. The molecule has 2 aromatic heterocycles. The summed E-state index contributed by atoms with van der Waals surface area (Å²) in [7, 11) is 0. The molecule has 0 aliphatic rings. The van der Waals surface area contributed by atoms with Gasteiger partial charge in [-0.15, -0.1) is 11.3 Å². The van der Waals surface area contributed by atoms with Gasteiger partial charge in [-0.1, -0.05) is 12.1 Å². The van der Waals surface area contributed by atoms with Gasteiger partial charge in [0.05, 0.1) is 22.6 Å². The summed E-state index contributed by atoms with van der Waals surface area (Å²) in [6.07, 6.45) is 0. The van der Waals surface area contributed by atoms with Crippen LogP contribution in [0.3, 0.4) is 0 Å². The van der Waals surface area contributed by atoms with Crippen LogP contribution in [-0.4, -0.2) is 20.9 Å². The van der Waals surface area contributed by atoms with Crippen LogP contribution in [0, 0.1) is 6.92 Å². The highest BCUT2D eigenvalue weighted by Gasteiger charge is 2.10. The molecule has 0 aliphatic heterocycles. The summed E-state index contributed by atoms with van der Waals surface area (Å²) >= 11 is 1.46. The van der Waals surface area contributed by atoms with Crippen molar-refractivity contribution < 1.29 is 4.79 Å². The molecule has 96 valence electrons. The van der Waals surface area contributed by atoms with E-state index in [1.807, 2.05) is 31.2 Å². The van der Waals surface area contributed by atoms with Crippen LogP contribution in [0.4, 0.5) is 0 Å². The molecule has 1 amide bonds. The molecule has 19 heavy (non-hydrogen) atoms. The molecule has 0 saturated carbocycles. The quantitative estimate of drug-likeness (QED) is 0.768. The zero-order chi connectivity index (χ0) is 13.2. The van der Waals surface area contributed by atoms with Crippen LogP contribution < -0.4 is 5.32 Å². The smallest absolute Gasteiger partial charge is 0.271 e. The fraction of sp³-hybridized carbons (Fsp3) is 0.154. The first-order chi connectivity index (χ1) is 9.22. The van der Waals surface area contributed by atoms with Gasteiger partial charge in [0.1, 0.15) is 11.5 Å². The molecular formula is C13H12N4OS. The number of benzene rings is 1. The molecule has 0 saturated heterocycles. The number of carbonyl (C=O) groups is 1. The van der Waals surface area contributed by atoms with Gasteiger partial charge < -0.3 is 10.3 Å². The number of para-hydroxylation sites is 2. The van der Waals surface area contributed by atoms with E-state index in [-0.39, 0.29) is 5.91 Å². The van der Waals surface area contributed by atoms with Gasteiger partial charge >= 0.3 is 0 Å². The number of hydrogen-bond acceptors (Lipinski definition) is 4. The third-order valence-corrected chi connectivity index (χ3v) is 3.48. The number of imidazole rings is 1. The number of fused-ring (bicyclic) bond motifs is 1. The zero-order valence-electron chi connectivity index (χ0n) is 10.3. The third kappa shape index (κ3) is 2.48. The van der Waals surface area contributed by atoms with Crippen molar-refractivity contribution >= 4 is 28.3 Å². The molecule has 6 heteroatoms. The second-order valence-electron chi connectivity index (χ2n) is 4.14. The van der Waals surface area contributed by atoms with Gasteiger partial charge in [0.15, 0.2) is 0 Å². The normalized spacial score (nSPS) is 10.8. The zero-order valence-corrected chi connectivity index (χ0v) is 11.1. The summed E-state index contributed by atoms with van der Waals surface area (Å²) in [4.78, 5) is 23.5.